The largest absolute Gasteiger partial charge is 0.312 e. The second-order valence-electron chi connectivity index (χ2n) is 5.63. The summed E-state index contributed by atoms with van der Waals surface area (Å²) in [5, 5.41) is 6.85. The van der Waals surface area contributed by atoms with Crippen molar-refractivity contribution in [1.29, 1.82) is 0 Å². The van der Waals surface area contributed by atoms with Gasteiger partial charge in [-0.25, -0.2) is 4.68 Å². The quantitative estimate of drug-likeness (QED) is 0.544. The number of alkyl halides is 2. The van der Waals surface area contributed by atoms with Gasteiger partial charge in [0.05, 0.1) is 11.4 Å². The molecule has 0 bridgehead atoms. The minimum atomic E-state index is -3.02. The maximum atomic E-state index is 13.6. The molecule has 0 spiro atoms. The zero-order valence-electron chi connectivity index (χ0n) is 13.4. The average molecular weight is 359 g/mol. The lowest BCUT2D eigenvalue weighted by Crippen LogP contribution is -2.04. The summed E-state index contributed by atoms with van der Waals surface area (Å²) in [4.78, 5) is 10.7. The van der Waals surface area contributed by atoms with Crippen LogP contribution in [0.4, 0.5) is 14.6 Å². The number of rotatable bonds is 5. The maximum Gasteiger partial charge on any atom is 0.283 e. The summed E-state index contributed by atoms with van der Waals surface area (Å²) >= 11 is 0. The van der Waals surface area contributed by atoms with Crippen LogP contribution < -0.4 is 5.32 Å². The van der Waals surface area contributed by atoms with Crippen molar-refractivity contribution in [2.75, 3.05) is 5.32 Å². The molecule has 3 aromatic rings. The summed E-state index contributed by atoms with van der Waals surface area (Å²) in [6.45, 7) is 1.97. The van der Waals surface area contributed by atoms with Crippen LogP contribution in [-0.4, -0.2) is 16.2 Å². The molecule has 3 rings (SSSR count). The van der Waals surface area contributed by atoms with Crippen molar-refractivity contribution in [3.8, 4) is 16.9 Å². The van der Waals surface area contributed by atoms with Gasteiger partial charge in [-0.15, -0.1) is 5.10 Å². The van der Waals surface area contributed by atoms with Gasteiger partial charge in [0.15, 0.2) is 5.82 Å². The van der Waals surface area contributed by atoms with Crippen molar-refractivity contribution in [1.82, 2.24) is 9.78 Å². The van der Waals surface area contributed by atoms with E-state index in [1.165, 1.54) is 21.4 Å². The molecule has 25 heavy (non-hydrogen) atoms. The first-order valence-electron chi connectivity index (χ1n) is 7.53. The van der Waals surface area contributed by atoms with Gasteiger partial charge in [-0.2, -0.15) is 8.78 Å². The summed E-state index contributed by atoms with van der Waals surface area (Å²) in [6.07, 6.45) is 0.527. The first-order chi connectivity index (χ1) is 11.9. The van der Waals surface area contributed by atoms with Gasteiger partial charge < -0.3 is 5.32 Å². The highest BCUT2D eigenvalue weighted by Gasteiger charge is 2.25. The number of nitrogens with zero attached hydrogens (tertiary/aromatic N) is 2. The summed E-state index contributed by atoms with van der Waals surface area (Å²) in [7, 11) is 1.54. The monoisotopic (exact) mass is 359 g/mol. The third-order valence-electron chi connectivity index (χ3n) is 3.74. The first kappa shape index (κ1) is 17.2. The maximum absolute atomic E-state index is 13.6. The van der Waals surface area contributed by atoms with Crippen LogP contribution in [0.3, 0.4) is 0 Å². The number of hydrogen-bond acceptors (Lipinski definition) is 2. The third kappa shape index (κ3) is 3.74. The number of aromatic nitrogens is 2. The summed E-state index contributed by atoms with van der Waals surface area (Å²) in [5.74, 6) is 0.341. The van der Waals surface area contributed by atoms with E-state index in [0.717, 1.165) is 11.3 Å². The Hall–Kier alpha value is -2.59. The Labute approximate surface area is 146 Å². The van der Waals surface area contributed by atoms with E-state index in [1.54, 1.807) is 22.9 Å². The van der Waals surface area contributed by atoms with E-state index in [9.17, 15) is 13.6 Å². The number of halogens is 2. The van der Waals surface area contributed by atoms with Crippen LogP contribution in [0.2, 0.25) is 0 Å². The summed E-state index contributed by atoms with van der Waals surface area (Å²) in [6, 6.07) is 15.4. The molecule has 1 atom stereocenters. The van der Waals surface area contributed by atoms with Crippen LogP contribution >= 0.6 is 9.24 Å². The van der Waals surface area contributed by atoms with Crippen molar-refractivity contribution in [2.45, 2.75) is 12.6 Å². The smallest absolute Gasteiger partial charge is 0.283 e. The fraction of sp³-hybridized carbons (Fsp3) is 0.111. The molecule has 128 valence electrons. The van der Waals surface area contributed by atoms with Crippen molar-refractivity contribution in [2.24, 2.45) is 0 Å². The molecule has 7 heteroatoms. The number of aryl methyl sites for hydroxylation is 1. The molecule has 1 unspecified atom stereocenters. The molecule has 0 radical (unpaired) electrons. The van der Waals surface area contributed by atoms with Crippen molar-refractivity contribution < 1.29 is 13.6 Å². The number of amides is 1. The van der Waals surface area contributed by atoms with Gasteiger partial charge in [0, 0.05) is 17.2 Å². The third-order valence-corrected chi connectivity index (χ3v) is 4.07. The van der Waals surface area contributed by atoms with Crippen molar-refractivity contribution in [3.63, 3.8) is 0 Å². The molecule has 2 aromatic carbocycles. The van der Waals surface area contributed by atoms with E-state index >= 15 is 0 Å². The molecule has 0 aliphatic heterocycles. The Balaban J connectivity index is 2.15. The molecule has 0 fully saturated rings. The van der Waals surface area contributed by atoms with Crippen LogP contribution in [0.25, 0.3) is 16.9 Å². The molecule has 1 aromatic heterocycles. The molecule has 1 heterocycles. The van der Waals surface area contributed by atoms with Gasteiger partial charge in [0.25, 0.3) is 5.66 Å². The van der Waals surface area contributed by atoms with Crippen LogP contribution in [0.5, 0.6) is 0 Å². The molecule has 4 nitrogen and oxygen atoms in total. The zero-order chi connectivity index (χ0) is 18.0. The van der Waals surface area contributed by atoms with E-state index in [2.05, 4.69) is 10.4 Å². The van der Waals surface area contributed by atoms with Gasteiger partial charge in [-0.3, -0.25) is 4.79 Å². The highest BCUT2D eigenvalue weighted by Crippen LogP contribution is 2.37. The van der Waals surface area contributed by atoms with E-state index in [-0.39, 0.29) is 5.56 Å². The summed E-state index contributed by atoms with van der Waals surface area (Å²) in [5.41, 5.74) is -0.0994. The SMILES string of the molecule is Cc1ccc(-n2nc(NC=O)cc2-c2cccc(C(F)(F)P)c2)cc1. The highest BCUT2D eigenvalue weighted by atomic mass is 31.0. The van der Waals surface area contributed by atoms with Crippen LogP contribution in [0.1, 0.15) is 11.1 Å². The van der Waals surface area contributed by atoms with Gasteiger partial charge in [-0.05, 0) is 25.1 Å². The van der Waals surface area contributed by atoms with E-state index in [4.69, 9.17) is 0 Å². The molecular formula is C18H16F2N3OP. The topological polar surface area (TPSA) is 46.9 Å². The first-order valence-corrected chi connectivity index (χ1v) is 8.11. The number of carbonyl (C=O) groups is 1. The van der Waals surface area contributed by atoms with E-state index in [1.807, 2.05) is 31.2 Å². The minimum Gasteiger partial charge on any atom is -0.312 e. The van der Waals surface area contributed by atoms with Gasteiger partial charge in [-0.1, -0.05) is 45.1 Å². The summed E-state index contributed by atoms with van der Waals surface area (Å²) < 4.78 is 28.9. The second kappa shape index (κ2) is 6.73. The minimum absolute atomic E-state index is 0.114. The van der Waals surface area contributed by atoms with E-state index in [0.29, 0.717) is 23.5 Å². The van der Waals surface area contributed by atoms with Crippen LogP contribution in [-0.2, 0) is 10.5 Å². The Morgan fingerprint density at radius 1 is 1.16 bits per heavy atom. The molecule has 0 aliphatic rings. The fourth-order valence-corrected chi connectivity index (χ4v) is 2.67. The Morgan fingerprint density at radius 3 is 2.52 bits per heavy atom. The Morgan fingerprint density at radius 2 is 1.88 bits per heavy atom. The van der Waals surface area contributed by atoms with Gasteiger partial charge >= 0.3 is 0 Å². The van der Waals surface area contributed by atoms with Gasteiger partial charge in [0.1, 0.15) is 0 Å². The predicted octanol–water partition coefficient (Wildman–Crippen LogP) is 4.34. The number of nitrogens with one attached hydrogen (secondary N) is 1. The standard InChI is InChI=1S/C18H16F2N3OP/c1-12-5-7-15(8-6-12)23-16(10-17(22-23)21-11-24)13-3-2-4-14(9-13)18(19,20)25/h2-11H,25H2,1H3,(H,21,22,24). The Kier molecular flexibility index (Phi) is 4.64. The number of carbonyl (C=O) groups excluding carboxylic acids is 1. The second-order valence-corrected chi connectivity index (χ2v) is 6.35. The number of benzene rings is 2. The normalized spacial score (nSPS) is 11.4. The number of hydrogen-bond donors (Lipinski definition) is 1. The molecule has 0 saturated heterocycles. The average Bonchev–Trinajstić information content (AvgIpc) is 2.99. The molecule has 1 N–H and O–H groups in total. The van der Waals surface area contributed by atoms with Crippen molar-refractivity contribution in [3.05, 3.63) is 65.7 Å². The predicted molar refractivity (Wildman–Crippen MR) is 97.0 cm³/mol. The zero-order valence-corrected chi connectivity index (χ0v) is 14.6. The van der Waals surface area contributed by atoms with Crippen LogP contribution in [0.15, 0.2) is 54.6 Å². The van der Waals surface area contributed by atoms with Crippen molar-refractivity contribution >= 4 is 21.5 Å². The van der Waals surface area contributed by atoms with E-state index < -0.39 is 5.66 Å². The molecule has 0 saturated carbocycles. The van der Waals surface area contributed by atoms with Gasteiger partial charge in [0.2, 0.25) is 6.41 Å². The molecular weight excluding hydrogens is 343 g/mol. The lowest BCUT2D eigenvalue weighted by Gasteiger charge is -2.13. The molecule has 0 aliphatic carbocycles. The fourth-order valence-electron chi connectivity index (χ4n) is 2.49. The lowest BCUT2D eigenvalue weighted by atomic mass is 10.1. The molecule has 1 amide bonds. The van der Waals surface area contributed by atoms with Crippen LogP contribution in [0, 0.1) is 6.92 Å². The highest BCUT2D eigenvalue weighted by molar-refractivity contribution is 7.17. The lowest BCUT2D eigenvalue weighted by molar-refractivity contribution is -0.105. The Bertz CT molecular complexity index is 901. The number of anilines is 1.